The summed E-state index contributed by atoms with van der Waals surface area (Å²) >= 11 is 0. The fourth-order valence-electron chi connectivity index (χ4n) is 5.20. The fraction of sp³-hybridized carbons (Fsp3) is 0.667. The Balaban J connectivity index is 3.11. The molecule has 3 heteroatoms. The first-order chi connectivity index (χ1) is 19.2. The second-order valence-electron chi connectivity index (χ2n) is 15.3. The van der Waals surface area contributed by atoms with Crippen molar-refractivity contribution in [2.75, 3.05) is 0 Å². The van der Waals surface area contributed by atoms with E-state index in [2.05, 4.69) is 114 Å². The van der Waals surface area contributed by atoms with Gasteiger partial charge in [-0.1, -0.05) is 128 Å². The third kappa shape index (κ3) is 7.25. The van der Waals surface area contributed by atoms with Gasteiger partial charge in [-0.15, -0.1) is 0 Å². The Morgan fingerprint density at radius 2 is 1.07 bits per heavy atom. The van der Waals surface area contributed by atoms with Gasteiger partial charge in [-0.05, 0) is 64.9 Å². The van der Waals surface area contributed by atoms with E-state index >= 15 is 0 Å². The van der Waals surface area contributed by atoms with E-state index in [4.69, 9.17) is 4.74 Å². The monoisotopic (exact) mass is 578 g/mol. The molecular formula is C39H62O3. The highest BCUT2D eigenvalue weighted by Crippen LogP contribution is 2.48. The molecule has 2 atom stereocenters. The zero-order valence-electron chi connectivity index (χ0n) is 29.8. The third-order valence-electron chi connectivity index (χ3n) is 11.0. The quantitative estimate of drug-likeness (QED) is 0.190. The van der Waals surface area contributed by atoms with Crippen LogP contribution in [0.25, 0.3) is 0 Å². The molecule has 0 heterocycles. The van der Waals surface area contributed by atoms with Gasteiger partial charge in [0.05, 0.1) is 5.92 Å². The highest BCUT2D eigenvalue weighted by Gasteiger charge is 2.35. The zero-order valence-corrected chi connectivity index (χ0v) is 29.8. The molecule has 42 heavy (non-hydrogen) atoms. The van der Waals surface area contributed by atoms with Crippen molar-refractivity contribution >= 4 is 5.97 Å². The Morgan fingerprint density at radius 1 is 0.667 bits per heavy atom. The van der Waals surface area contributed by atoms with Crippen molar-refractivity contribution in [2.45, 2.75) is 164 Å². The van der Waals surface area contributed by atoms with Crippen LogP contribution in [0, 0.1) is 5.92 Å². The summed E-state index contributed by atoms with van der Waals surface area (Å²) in [5.41, 5.74) is 5.91. The fourth-order valence-corrected chi connectivity index (χ4v) is 5.20. The molecule has 2 unspecified atom stereocenters. The van der Waals surface area contributed by atoms with Gasteiger partial charge < -0.3 is 9.84 Å². The van der Waals surface area contributed by atoms with Crippen LogP contribution in [0.15, 0.2) is 24.3 Å². The van der Waals surface area contributed by atoms with Crippen molar-refractivity contribution in [3.63, 3.8) is 0 Å². The maximum atomic E-state index is 13.4. The van der Waals surface area contributed by atoms with E-state index in [0.29, 0.717) is 11.5 Å². The molecule has 236 valence electrons. The number of hydrogen-bond donors (Lipinski definition) is 1. The van der Waals surface area contributed by atoms with Gasteiger partial charge in [0.25, 0.3) is 0 Å². The summed E-state index contributed by atoms with van der Waals surface area (Å²) in [7, 11) is 0. The van der Waals surface area contributed by atoms with Gasteiger partial charge >= 0.3 is 5.97 Å². The molecule has 0 aliphatic carbocycles. The lowest BCUT2D eigenvalue weighted by atomic mass is 9.71. The first-order valence-electron chi connectivity index (χ1n) is 16.5. The van der Waals surface area contributed by atoms with Gasteiger partial charge in [-0.2, -0.15) is 0 Å². The number of ether oxygens (including phenoxy) is 1. The van der Waals surface area contributed by atoms with E-state index in [9.17, 15) is 9.90 Å². The molecule has 0 bridgehead atoms. The number of carbonyl (C=O) groups is 1. The first kappa shape index (κ1) is 35.9. The summed E-state index contributed by atoms with van der Waals surface area (Å²) in [5, 5.41) is 12.0. The summed E-state index contributed by atoms with van der Waals surface area (Å²) in [4.78, 5) is 13.4. The Morgan fingerprint density at radius 3 is 1.50 bits per heavy atom. The Labute approximate surface area is 258 Å². The molecule has 0 saturated heterocycles. The highest BCUT2D eigenvalue weighted by molar-refractivity contribution is 5.76. The van der Waals surface area contributed by atoms with Crippen LogP contribution < -0.4 is 4.74 Å². The Kier molecular flexibility index (Phi) is 11.2. The summed E-state index contributed by atoms with van der Waals surface area (Å²) in [5.74, 6) is 0.450. The average molecular weight is 579 g/mol. The standard InChI is InChI=1S/C39H62O3/c1-16-25(6)35(41)42-34-30(22-28(37(10,11)18-3)24-32(34)39(14,15)20-5)26(7)29-21-27(36(8,9)17-2)23-31(33(29)40)38(12,13)19-4/h21-26,40H,16-20H2,1-15H3. The summed E-state index contributed by atoms with van der Waals surface area (Å²) in [6, 6.07) is 8.97. The molecule has 2 aromatic carbocycles. The molecule has 2 aromatic rings. The molecule has 0 fully saturated rings. The van der Waals surface area contributed by atoms with Crippen LogP contribution in [0.4, 0.5) is 0 Å². The van der Waals surface area contributed by atoms with Crippen molar-refractivity contribution in [2.24, 2.45) is 5.92 Å². The van der Waals surface area contributed by atoms with E-state index in [-0.39, 0.29) is 39.5 Å². The molecule has 0 saturated carbocycles. The number of carbonyl (C=O) groups excluding carboxylic acids is 1. The van der Waals surface area contributed by atoms with Crippen molar-refractivity contribution in [1.82, 2.24) is 0 Å². The van der Waals surface area contributed by atoms with Crippen molar-refractivity contribution in [3.8, 4) is 11.5 Å². The number of esters is 1. The predicted molar refractivity (Wildman–Crippen MR) is 180 cm³/mol. The molecule has 3 nitrogen and oxygen atoms in total. The Bertz CT molecular complexity index is 1240. The van der Waals surface area contributed by atoms with E-state index in [1.165, 1.54) is 11.1 Å². The van der Waals surface area contributed by atoms with E-state index in [1.807, 2.05) is 13.8 Å². The topological polar surface area (TPSA) is 46.5 Å². The lowest BCUT2D eigenvalue weighted by Crippen LogP contribution is -2.26. The van der Waals surface area contributed by atoms with E-state index in [1.54, 1.807) is 0 Å². The van der Waals surface area contributed by atoms with Crippen LogP contribution in [0.5, 0.6) is 11.5 Å². The largest absolute Gasteiger partial charge is 0.507 e. The molecule has 0 aromatic heterocycles. The van der Waals surface area contributed by atoms with Gasteiger partial charge in [0.2, 0.25) is 0 Å². The maximum absolute atomic E-state index is 13.4. The summed E-state index contributed by atoms with van der Waals surface area (Å²) in [6.07, 6.45) is 4.52. The van der Waals surface area contributed by atoms with Crippen LogP contribution in [-0.2, 0) is 26.5 Å². The van der Waals surface area contributed by atoms with Crippen molar-refractivity contribution in [1.29, 1.82) is 0 Å². The maximum Gasteiger partial charge on any atom is 0.314 e. The van der Waals surface area contributed by atoms with Gasteiger partial charge in [0, 0.05) is 28.2 Å². The van der Waals surface area contributed by atoms with Gasteiger partial charge in [0.15, 0.2) is 0 Å². The molecule has 0 aliphatic heterocycles. The smallest absolute Gasteiger partial charge is 0.314 e. The molecule has 0 spiro atoms. The minimum Gasteiger partial charge on any atom is -0.507 e. The molecule has 2 rings (SSSR count). The number of benzene rings is 2. The number of phenols is 1. The van der Waals surface area contributed by atoms with Crippen LogP contribution >= 0.6 is 0 Å². The van der Waals surface area contributed by atoms with E-state index < -0.39 is 0 Å². The second kappa shape index (κ2) is 13.1. The van der Waals surface area contributed by atoms with Crippen molar-refractivity contribution < 1.29 is 14.6 Å². The van der Waals surface area contributed by atoms with Gasteiger partial charge in [0.1, 0.15) is 11.5 Å². The molecule has 1 N–H and O–H groups in total. The first-order valence-corrected chi connectivity index (χ1v) is 16.5. The normalized spacial score (nSPS) is 14.5. The van der Waals surface area contributed by atoms with Crippen molar-refractivity contribution in [3.05, 3.63) is 57.6 Å². The Hall–Kier alpha value is -2.29. The van der Waals surface area contributed by atoms with Gasteiger partial charge in [-0.3, -0.25) is 4.79 Å². The van der Waals surface area contributed by atoms with Crippen LogP contribution in [0.3, 0.4) is 0 Å². The summed E-state index contributed by atoms with van der Waals surface area (Å²) < 4.78 is 6.42. The minimum atomic E-state index is -0.206. The molecule has 0 radical (unpaired) electrons. The number of hydrogen-bond acceptors (Lipinski definition) is 3. The SMILES string of the molecule is CCC(C)C(=O)Oc1c(C(C)c2cc(C(C)(C)CC)cc(C(C)(C)CC)c2O)cc(C(C)(C)CC)cc1C(C)(C)CC. The molecular weight excluding hydrogens is 516 g/mol. The van der Waals surface area contributed by atoms with Crippen LogP contribution in [-0.4, -0.2) is 11.1 Å². The second-order valence-corrected chi connectivity index (χ2v) is 15.3. The lowest BCUT2D eigenvalue weighted by Gasteiger charge is -2.34. The van der Waals surface area contributed by atoms with Gasteiger partial charge in [-0.25, -0.2) is 0 Å². The predicted octanol–water partition coefficient (Wildman–Crippen LogP) is 11.2. The number of aromatic hydroxyl groups is 1. The molecule has 0 amide bonds. The van der Waals surface area contributed by atoms with Crippen LogP contribution in [0.2, 0.25) is 0 Å². The van der Waals surface area contributed by atoms with Crippen LogP contribution in [0.1, 0.15) is 175 Å². The summed E-state index contributed by atoms with van der Waals surface area (Å²) in [6.45, 7) is 33.0. The number of phenolic OH excluding ortho intramolecular Hbond substituents is 1. The average Bonchev–Trinajstić information content (AvgIpc) is 2.95. The lowest BCUT2D eigenvalue weighted by molar-refractivity contribution is -0.138. The van der Waals surface area contributed by atoms with E-state index in [0.717, 1.165) is 54.4 Å². The third-order valence-corrected chi connectivity index (χ3v) is 11.0. The zero-order chi connectivity index (χ0) is 32.4. The minimum absolute atomic E-state index is 0.0476. The number of rotatable bonds is 13. The highest BCUT2D eigenvalue weighted by atomic mass is 16.5. The molecule has 0 aliphatic rings.